The minimum Gasteiger partial charge on any atom is -0.454 e. The maximum absolute atomic E-state index is 12.2. The van der Waals surface area contributed by atoms with Crippen LogP contribution in [0.15, 0.2) is 11.6 Å². The molecule has 0 radical (unpaired) electrons. The summed E-state index contributed by atoms with van der Waals surface area (Å²) < 4.78 is 17.1. The van der Waals surface area contributed by atoms with Gasteiger partial charge in [0.05, 0.1) is 11.2 Å². The monoisotopic (exact) mass is 290 g/mol. The summed E-state index contributed by atoms with van der Waals surface area (Å²) in [6.45, 7) is 4.06. The lowest BCUT2D eigenvalue weighted by Gasteiger charge is -2.27. The van der Waals surface area contributed by atoms with E-state index in [2.05, 4.69) is 6.92 Å². The molecule has 8 unspecified atom stereocenters. The van der Waals surface area contributed by atoms with Crippen molar-refractivity contribution in [2.24, 2.45) is 17.8 Å². The van der Waals surface area contributed by atoms with Gasteiger partial charge in [0.2, 0.25) is 0 Å². The number of rotatable bonds is 0. The van der Waals surface area contributed by atoms with Crippen LogP contribution in [0.3, 0.4) is 0 Å². The van der Waals surface area contributed by atoms with Gasteiger partial charge in [0, 0.05) is 18.3 Å². The lowest BCUT2D eigenvalue weighted by atomic mass is 9.78. The molecule has 5 aliphatic rings. The van der Waals surface area contributed by atoms with Crippen LogP contribution in [0.4, 0.5) is 0 Å². The zero-order valence-electron chi connectivity index (χ0n) is 12.1. The van der Waals surface area contributed by atoms with E-state index in [9.17, 15) is 9.59 Å². The molecule has 0 N–H and O–H groups in total. The number of fused-ring (bicyclic) bond motifs is 7. The summed E-state index contributed by atoms with van der Waals surface area (Å²) in [5.41, 5.74) is 0.433. The molecule has 0 aromatic heterocycles. The summed E-state index contributed by atoms with van der Waals surface area (Å²) in [4.78, 5) is 24.3. The van der Waals surface area contributed by atoms with E-state index in [1.807, 2.05) is 13.0 Å². The Balaban J connectivity index is 1.57. The minimum absolute atomic E-state index is 0.0152. The highest BCUT2D eigenvalue weighted by atomic mass is 16.7. The Morgan fingerprint density at radius 2 is 2.14 bits per heavy atom. The average molecular weight is 290 g/mol. The molecule has 0 amide bonds. The van der Waals surface area contributed by atoms with Crippen LogP contribution in [-0.4, -0.2) is 41.8 Å². The zero-order valence-corrected chi connectivity index (χ0v) is 12.1. The predicted octanol–water partition coefficient (Wildman–Crippen LogP) is 1.01. The molecule has 2 saturated heterocycles. The smallest absolute Gasteiger partial charge is 0.337 e. The second-order valence-corrected chi connectivity index (χ2v) is 7.37. The van der Waals surface area contributed by atoms with Gasteiger partial charge in [-0.1, -0.05) is 6.92 Å². The summed E-state index contributed by atoms with van der Waals surface area (Å²) in [6, 6.07) is 0. The highest BCUT2D eigenvalue weighted by Crippen LogP contribution is 2.56. The second-order valence-electron chi connectivity index (χ2n) is 7.37. The van der Waals surface area contributed by atoms with Crippen molar-refractivity contribution in [1.29, 1.82) is 0 Å². The van der Waals surface area contributed by atoms with Crippen LogP contribution in [0.25, 0.3) is 0 Å². The Labute approximate surface area is 122 Å². The number of Topliss-reactive ketones (excluding diaryl/α,β-unsaturated/α-hetero) is 1. The first-order chi connectivity index (χ1) is 9.98. The first kappa shape index (κ1) is 12.4. The Kier molecular flexibility index (Phi) is 2.11. The van der Waals surface area contributed by atoms with Crippen LogP contribution in [0.1, 0.15) is 26.7 Å². The molecule has 3 aliphatic heterocycles. The summed E-state index contributed by atoms with van der Waals surface area (Å²) in [7, 11) is 0. The van der Waals surface area contributed by atoms with Gasteiger partial charge in [0.25, 0.3) is 0 Å². The fourth-order valence-corrected chi connectivity index (χ4v) is 4.80. The van der Waals surface area contributed by atoms with Gasteiger partial charge in [-0.05, 0) is 25.3 Å². The van der Waals surface area contributed by atoms with E-state index in [0.717, 1.165) is 6.42 Å². The van der Waals surface area contributed by atoms with E-state index >= 15 is 0 Å². The molecule has 112 valence electrons. The molecule has 0 aromatic carbocycles. The molecule has 5 rings (SSSR count). The largest absolute Gasteiger partial charge is 0.454 e. The second kappa shape index (κ2) is 3.58. The third-order valence-corrected chi connectivity index (χ3v) is 6.03. The Morgan fingerprint density at radius 1 is 1.33 bits per heavy atom. The molecule has 5 nitrogen and oxygen atoms in total. The molecule has 0 aromatic rings. The van der Waals surface area contributed by atoms with E-state index in [4.69, 9.17) is 14.2 Å². The van der Waals surface area contributed by atoms with Gasteiger partial charge in [0.15, 0.2) is 0 Å². The van der Waals surface area contributed by atoms with Crippen molar-refractivity contribution in [3.05, 3.63) is 11.6 Å². The van der Waals surface area contributed by atoms with Crippen molar-refractivity contribution in [1.82, 2.24) is 0 Å². The van der Waals surface area contributed by atoms with E-state index in [1.165, 1.54) is 0 Å². The number of ketones is 1. The number of ether oxygens (including phenoxy) is 3. The number of carbonyl (C=O) groups excluding carboxylic acids is 2. The molecule has 21 heavy (non-hydrogen) atoms. The van der Waals surface area contributed by atoms with Crippen molar-refractivity contribution < 1.29 is 23.8 Å². The summed E-state index contributed by atoms with van der Waals surface area (Å²) >= 11 is 0. The lowest BCUT2D eigenvalue weighted by Crippen LogP contribution is -2.31. The van der Waals surface area contributed by atoms with Gasteiger partial charge in [-0.15, -0.1) is 0 Å². The topological polar surface area (TPSA) is 68.4 Å². The molecular formula is C16H18O5. The molecular weight excluding hydrogens is 272 g/mol. The van der Waals surface area contributed by atoms with E-state index in [1.54, 1.807) is 0 Å². The molecule has 5 heteroatoms. The van der Waals surface area contributed by atoms with Crippen LogP contribution in [-0.2, 0) is 23.8 Å². The maximum atomic E-state index is 12.2. The number of carbonyl (C=O) groups is 2. The quantitative estimate of drug-likeness (QED) is 0.492. The first-order valence-electron chi connectivity index (χ1n) is 7.76. The van der Waals surface area contributed by atoms with Gasteiger partial charge in [-0.25, -0.2) is 4.79 Å². The van der Waals surface area contributed by atoms with Gasteiger partial charge in [-0.2, -0.15) is 0 Å². The summed E-state index contributed by atoms with van der Waals surface area (Å²) in [6.07, 6.45) is 2.93. The van der Waals surface area contributed by atoms with Crippen molar-refractivity contribution in [2.45, 2.75) is 56.7 Å². The molecule has 3 fully saturated rings. The van der Waals surface area contributed by atoms with Gasteiger partial charge in [-0.3, -0.25) is 4.79 Å². The van der Waals surface area contributed by atoms with Gasteiger partial charge < -0.3 is 14.2 Å². The third kappa shape index (κ3) is 1.53. The lowest BCUT2D eigenvalue weighted by molar-refractivity contribution is -0.143. The SMILES string of the molecule is CC1C(=O)CC2CC3(C)OC3C3OC3C3=CC(OC3=O)C21. The molecule has 2 aliphatic carbocycles. The predicted molar refractivity (Wildman–Crippen MR) is 70.3 cm³/mol. The first-order valence-corrected chi connectivity index (χ1v) is 7.76. The zero-order chi connectivity index (χ0) is 14.5. The third-order valence-electron chi connectivity index (χ3n) is 6.03. The molecule has 1 saturated carbocycles. The van der Waals surface area contributed by atoms with Crippen LogP contribution >= 0.6 is 0 Å². The molecule has 0 spiro atoms. The van der Waals surface area contributed by atoms with Crippen molar-refractivity contribution in [2.75, 3.05) is 0 Å². The van der Waals surface area contributed by atoms with E-state index in [0.29, 0.717) is 12.0 Å². The van der Waals surface area contributed by atoms with E-state index in [-0.39, 0.29) is 59.5 Å². The number of epoxide rings is 2. The van der Waals surface area contributed by atoms with Crippen LogP contribution in [0.2, 0.25) is 0 Å². The standard InChI is InChI=1S/C16H18O5/c1-6-9(17)3-7-5-16(2)14(21-16)13-12(20-13)8-4-10(11(6)7)19-15(8)18/h4,6-7,10-14H,3,5H2,1-2H3. The van der Waals surface area contributed by atoms with Crippen molar-refractivity contribution in [3.63, 3.8) is 0 Å². The Morgan fingerprint density at radius 3 is 2.95 bits per heavy atom. The van der Waals surface area contributed by atoms with Gasteiger partial charge >= 0.3 is 5.97 Å². The average Bonchev–Trinajstić information content (AvgIpc) is 3.25. The Hall–Kier alpha value is -1.20. The van der Waals surface area contributed by atoms with Crippen LogP contribution in [0.5, 0.6) is 0 Å². The Bertz CT molecular complexity index is 595. The normalized spacial score (nSPS) is 56.9. The highest BCUT2D eigenvalue weighted by Gasteiger charge is 2.68. The van der Waals surface area contributed by atoms with E-state index < -0.39 is 0 Å². The van der Waals surface area contributed by atoms with Gasteiger partial charge in [0.1, 0.15) is 30.2 Å². The summed E-state index contributed by atoms with van der Waals surface area (Å²) in [5.74, 6) is 0.257. The van der Waals surface area contributed by atoms with Crippen molar-refractivity contribution >= 4 is 11.8 Å². The van der Waals surface area contributed by atoms with Crippen LogP contribution in [0, 0.1) is 17.8 Å². The number of hydrogen-bond donors (Lipinski definition) is 0. The molecule has 3 heterocycles. The van der Waals surface area contributed by atoms with Crippen LogP contribution < -0.4 is 0 Å². The molecule has 2 bridgehead atoms. The number of esters is 1. The maximum Gasteiger partial charge on any atom is 0.337 e. The highest BCUT2D eigenvalue weighted by molar-refractivity contribution is 5.93. The number of hydrogen-bond acceptors (Lipinski definition) is 5. The molecule has 8 atom stereocenters. The fraction of sp³-hybridized carbons (Fsp3) is 0.750. The fourth-order valence-electron chi connectivity index (χ4n) is 4.80. The summed E-state index contributed by atoms with van der Waals surface area (Å²) in [5, 5.41) is 0. The van der Waals surface area contributed by atoms with Crippen molar-refractivity contribution in [3.8, 4) is 0 Å². The minimum atomic E-state index is -0.276.